The number of esters is 1. The zero-order chi connectivity index (χ0) is 27.0. The number of ether oxygens (including phenoxy) is 1. The number of rotatable bonds is 8. The molecule has 6 nitrogen and oxygen atoms in total. The van der Waals surface area contributed by atoms with Gasteiger partial charge in [-0.05, 0) is 93.4 Å². The van der Waals surface area contributed by atoms with E-state index in [1.807, 2.05) is 13.0 Å². The fraction of sp³-hybridized carbons (Fsp3) is 0.567. The zero-order valence-electron chi connectivity index (χ0n) is 22.9. The molecule has 2 aliphatic carbocycles. The summed E-state index contributed by atoms with van der Waals surface area (Å²) < 4.78 is 38.6. The Hall–Kier alpha value is -2.38. The second-order valence-corrected chi connectivity index (χ2v) is 13.6. The van der Waals surface area contributed by atoms with Crippen LogP contribution in [0.5, 0.6) is 0 Å². The van der Waals surface area contributed by atoms with Crippen molar-refractivity contribution < 1.29 is 22.4 Å². The Labute approximate surface area is 222 Å². The van der Waals surface area contributed by atoms with E-state index in [1.54, 1.807) is 37.6 Å². The van der Waals surface area contributed by atoms with Gasteiger partial charge in [0.05, 0.1) is 30.2 Å². The van der Waals surface area contributed by atoms with Gasteiger partial charge in [0.1, 0.15) is 5.76 Å². The number of carbonyl (C=O) groups is 1. The van der Waals surface area contributed by atoms with Crippen LogP contribution in [0.4, 0.5) is 0 Å². The average Bonchev–Trinajstić information content (AvgIpc) is 3.29. The number of benzene rings is 1. The summed E-state index contributed by atoms with van der Waals surface area (Å²) in [5, 5.41) is 0. The summed E-state index contributed by atoms with van der Waals surface area (Å²) in [6, 6.07) is 8.85. The molecule has 2 saturated carbocycles. The molecule has 4 atom stereocenters. The molecule has 7 heteroatoms. The van der Waals surface area contributed by atoms with Gasteiger partial charge in [-0.15, -0.1) is 0 Å². The molecule has 0 spiro atoms. The van der Waals surface area contributed by atoms with Crippen molar-refractivity contribution in [3.05, 3.63) is 65.6 Å². The number of furan rings is 1. The third-order valence-corrected chi connectivity index (χ3v) is 11.1. The smallest absolute Gasteiger partial charge is 0.311 e. The maximum absolute atomic E-state index is 13.1. The van der Waals surface area contributed by atoms with Crippen LogP contribution in [0.3, 0.4) is 0 Å². The largest absolute Gasteiger partial charge is 0.469 e. The molecule has 202 valence electrons. The Morgan fingerprint density at radius 1 is 1.19 bits per heavy atom. The molecule has 37 heavy (non-hydrogen) atoms. The summed E-state index contributed by atoms with van der Waals surface area (Å²) in [5.74, 6) is 1.12. The minimum atomic E-state index is -3.63. The molecule has 0 aliphatic heterocycles. The third-order valence-electron chi connectivity index (χ3n) is 9.31. The highest BCUT2D eigenvalue weighted by molar-refractivity contribution is 7.89. The number of carbonyl (C=O) groups excluding carboxylic acids is 1. The lowest BCUT2D eigenvalue weighted by molar-refractivity contribution is -0.168. The fourth-order valence-electron chi connectivity index (χ4n) is 7.17. The van der Waals surface area contributed by atoms with Crippen molar-refractivity contribution in [2.75, 3.05) is 14.2 Å². The molecule has 0 bridgehead atoms. The second-order valence-electron chi connectivity index (χ2n) is 11.6. The summed E-state index contributed by atoms with van der Waals surface area (Å²) in [7, 11) is -0.542. The molecule has 1 heterocycles. The lowest BCUT2D eigenvalue weighted by atomic mass is 9.46. The maximum Gasteiger partial charge on any atom is 0.311 e. The maximum atomic E-state index is 13.1. The van der Waals surface area contributed by atoms with Crippen LogP contribution in [-0.2, 0) is 32.5 Å². The number of methoxy groups -OCH3 is 1. The molecule has 2 aromatic rings. The molecule has 0 amide bonds. The standard InChI is InChI=1S/C30H41NO5S/c1-21-8-12-24(13-9-21)37(33,34)31(5)20-26-23(16-19-36-26)11-14-25-22(2)10-15-27-29(25,3)17-7-18-30(27,4)28(32)35-6/h8-9,12-13,16,19,25,27H,2,7,10-11,14-15,17-18,20H2,1,3-6H3. The van der Waals surface area contributed by atoms with E-state index >= 15 is 0 Å². The summed E-state index contributed by atoms with van der Waals surface area (Å²) in [6.07, 6.45) is 8.14. The highest BCUT2D eigenvalue weighted by Gasteiger charge is 2.57. The first kappa shape index (κ1) is 27.6. The van der Waals surface area contributed by atoms with Gasteiger partial charge in [0.15, 0.2) is 0 Å². The summed E-state index contributed by atoms with van der Waals surface area (Å²) >= 11 is 0. The van der Waals surface area contributed by atoms with E-state index in [2.05, 4.69) is 20.4 Å². The van der Waals surface area contributed by atoms with E-state index in [0.717, 1.165) is 56.1 Å². The molecule has 0 N–H and O–H groups in total. The molecular formula is C30H41NO5S. The molecule has 2 aliphatic rings. The Morgan fingerprint density at radius 2 is 1.89 bits per heavy atom. The molecule has 4 unspecified atom stereocenters. The van der Waals surface area contributed by atoms with Gasteiger partial charge < -0.3 is 9.15 Å². The van der Waals surface area contributed by atoms with Crippen molar-refractivity contribution in [1.29, 1.82) is 0 Å². The number of aryl methyl sites for hydroxylation is 2. The monoisotopic (exact) mass is 527 g/mol. The van der Waals surface area contributed by atoms with Gasteiger partial charge in [-0.25, -0.2) is 8.42 Å². The van der Waals surface area contributed by atoms with Gasteiger partial charge in [-0.3, -0.25) is 4.79 Å². The van der Waals surface area contributed by atoms with Gasteiger partial charge >= 0.3 is 5.97 Å². The quantitative estimate of drug-likeness (QED) is 0.298. The first-order chi connectivity index (χ1) is 17.4. The number of fused-ring (bicyclic) bond motifs is 1. The lowest BCUT2D eigenvalue weighted by Crippen LogP contribution is -2.53. The van der Waals surface area contributed by atoms with Crippen LogP contribution < -0.4 is 0 Å². The first-order valence-corrected chi connectivity index (χ1v) is 14.7. The number of allylic oxidation sites excluding steroid dienone is 1. The molecule has 2 fully saturated rings. The number of nitrogens with zero attached hydrogens (tertiary/aromatic N) is 1. The topological polar surface area (TPSA) is 76.8 Å². The summed E-state index contributed by atoms with van der Waals surface area (Å²) in [5.41, 5.74) is 2.81. The Bertz CT molecular complexity index is 1250. The van der Waals surface area contributed by atoms with Crippen LogP contribution in [0.15, 0.2) is 58.1 Å². The van der Waals surface area contributed by atoms with Gasteiger partial charge in [0.25, 0.3) is 0 Å². The normalized spacial score (nSPS) is 28.2. The van der Waals surface area contributed by atoms with E-state index in [0.29, 0.717) is 5.76 Å². The van der Waals surface area contributed by atoms with Crippen LogP contribution in [0, 0.1) is 29.6 Å². The van der Waals surface area contributed by atoms with Gasteiger partial charge in [0.2, 0.25) is 10.0 Å². The molecule has 0 saturated heterocycles. The SMILES string of the molecule is C=C1CCC2C(C)(C(=O)OC)CCCC2(C)C1CCc1ccoc1CN(C)S(=O)(=O)c1ccc(C)cc1. The minimum absolute atomic E-state index is 0.0218. The van der Waals surface area contributed by atoms with Gasteiger partial charge in [-0.1, -0.05) is 43.2 Å². The predicted molar refractivity (Wildman–Crippen MR) is 144 cm³/mol. The zero-order valence-corrected chi connectivity index (χ0v) is 23.7. The second kappa shape index (κ2) is 10.4. The fourth-order valence-corrected chi connectivity index (χ4v) is 8.29. The molecule has 1 aromatic carbocycles. The number of hydrogen-bond donors (Lipinski definition) is 0. The lowest BCUT2D eigenvalue weighted by Gasteiger charge is -2.57. The van der Waals surface area contributed by atoms with E-state index in [-0.39, 0.29) is 34.7 Å². The van der Waals surface area contributed by atoms with Gasteiger partial charge in [0, 0.05) is 7.05 Å². The highest BCUT2D eigenvalue weighted by Crippen LogP contribution is 2.62. The first-order valence-electron chi connectivity index (χ1n) is 13.3. The van der Waals surface area contributed by atoms with Crippen LogP contribution >= 0.6 is 0 Å². The van der Waals surface area contributed by atoms with Crippen LogP contribution in [0.25, 0.3) is 0 Å². The van der Waals surface area contributed by atoms with E-state index in [9.17, 15) is 13.2 Å². The van der Waals surface area contributed by atoms with Gasteiger partial charge in [-0.2, -0.15) is 4.31 Å². The Balaban J connectivity index is 1.50. The summed E-state index contributed by atoms with van der Waals surface area (Å²) in [6.45, 7) is 11.0. The van der Waals surface area contributed by atoms with Crippen molar-refractivity contribution in [2.24, 2.45) is 22.7 Å². The summed E-state index contributed by atoms with van der Waals surface area (Å²) in [4.78, 5) is 13.1. The van der Waals surface area contributed by atoms with Crippen molar-refractivity contribution >= 4 is 16.0 Å². The van der Waals surface area contributed by atoms with E-state index in [4.69, 9.17) is 9.15 Å². The molecule has 4 rings (SSSR count). The van der Waals surface area contributed by atoms with Crippen molar-refractivity contribution in [1.82, 2.24) is 4.31 Å². The average molecular weight is 528 g/mol. The third kappa shape index (κ3) is 5.05. The highest BCUT2D eigenvalue weighted by atomic mass is 32.2. The molecule has 0 radical (unpaired) electrons. The predicted octanol–water partition coefficient (Wildman–Crippen LogP) is 6.29. The van der Waals surface area contributed by atoms with Crippen LogP contribution in [-0.4, -0.2) is 32.8 Å². The van der Waals surface area contributed by atoms with Crippen molar-refractivity contribution in [3.8, 4) is 0 Å². The number of hydrogen-bond acceptors (Lipinski definition) is 5. The Morgan fingerprint density at radius 3 is 2.57 bits per heavy atom. The molecule has 1 aromatic heterocycles. The number of sulfonamides is 1. The van der Waals surface area contributed by atoms with E-state index < -0.39 is 15.4 Å². The minimum Gasteiger partial charge on any atom is -0.469 e. The van der Waals surface area contributed by atoms with E-state index in [1.165, 1.54) is 17.0 Å². The van der Waals surface area contributed by atoms with Crippen LogP contribution in [0.1, 0.15) is 69.3 Å². The Kier molecular flexibility index (Phi) is 7.78. The molecular weight excluding hydrogens is 486 g/mol. The van der Waals surface area contributed by atoms with Crippen LogP contribution in [0.2, 0.25) is 0 Å². The van der Waals surface area contributed by atoms with Crippen molar-refractivity contribution in [3.63, 3.8) is 0 Å². The van der Waals surface area contributed by atoms with Crippen molar-refractivity contribution in [2.45, 2.75) is 77.2 Å².